The minimum absolute atomic E-state index is 0.182. The van der Waals surface area contributed by atoms with Crippen LogP contribution in [-0.4, -0.2) is 24.2 Å². The Labute approximate surface area is 58.2 Å². The molecule has 0 aromatic rings. The number of carbonyl (C=O) groups excluding carboxylic acids is 1. The van der Waals surface area contributed by atoms with Gasteiger partial charge in [0.15, 0.2) is 0 Å². The highest BCUT2D eigenvalue weighted by atomic mass is 35.5. The molecule has 1 atom stereocenters. The third-order valence-electron chi connectivity index (χ3n) is 0.563. The van der Waals surface area contributed by atoms with Crippen LogP contribution in [0.3, 0.4) is 0 Å². The Morgan fingerprint density at radius 2 is 2.38 bits per heavy atom. The first kappa shape index (κ1) is 8.05. The van der Waals surface area contributed by atoms with Crippen molar-refractivity contribution in [1.82, 2.24) is 5.32 Å². The van der Waals surface area contributed by atoms with E-state index in [2.05, 4.69) is 5.32 Å². The first-order chi connectivity index (χ1) is 3.81. The summed E-state index contributed by atoms with van der Waals surface area (Å²) in [5.41, 5.74) is 0. The van der Waals surface area contributed by atoms with Gasteiger partial charge in [-0.3, -0.25) is 4.79 Å². The predicted molar refractivity (Wildman–Crippen MR) is 34.1 cm³/mol. The summed E-state index contributed by atoms with van der Waals surface area (Å²) < 4.78 is 0. The van der Waals surface area contributed by atoms with Crippen molar-refractivity contribution in [3.05, 3.63) is 0 Å². The number of nitrogens with one attached hydrogen (secondary N) is 1. The fraction of sp³-hybridized carbons (Fsp3) is 0.750. The minimum Gasteiger partial charge on any atom is -0.346 e. The van der Waals surface area contributed by atoms with E-state index in [1.54, 1.807) is 0 Å². The molecule has 0 aliphatic carbocycles. The average Bonchev–Trinajstić information content (AvgIpc) is 1.83. The van der Waals surface area contributed by atoms with Crippen LogP contribution < -0.4 is 5.32 Å². The Kier molecular flexibility index (Phi) is 5.22. The Hall–Kier alpha value is 0.0500. The Bertz CT molecular complexity index is 69.1. The molecule has 0 aromatic carbocycles. The normalized spacial score (nSPS) is 12.8. The highest BCUT2D eigenvalue weighted by Gasteiger charge is 1.98. The van der Waals surface area contributed by atoms with Crippen LogP contribution in [0.4, 0.5) is 0 Å². The Balaban J connectivity index is 2.97. The van der Waals surface area contributed by atoms with Crippen molar-refractivity contribution in [3.63, 3.8) is 0 Å². The van der Waals surface area contributed by atoms with E-state index >= 15 is 0 Å². The highest BCUT2D eigenvalue weighted by Crippen LogP contribution is 1.94. The van der Waals surface area contributed by atoms with E-state index in [0.717, 1.165) is 0 Å². The van der Waals surface area contributed by atoms with Gasteiger partial charge in [-0.1, -0.05) is 0 Å². The Morgan fingerprint density at radius 1 is 1.75 bits per heavy atom. The van der Waals surface area contributed by atoms with Crippen molar-refractivity contribution in [2.24, 2.45) is 0 Å². The topological polar surface area (TPSA) is 29.1 Å². The van der Waals surface area contributed by atoms with E-state index in [4.69, 9.17) is 23.2 Å². The van der Waals surface area contributed by atoms with Gasteiger partial charge in [0.25, 0.3) is 0 Å². The van der Waals surface area contributed by atoms with Gasteiger partial charge in [0.1, 0.15) is 0 Å². The summed E-state index contributed by atoms with van der Waals surface area (Å²) in [6, 6.07) is 0. The van der Waals surface area contributed by atoms with Crippen molar-refractivity contribution in [3.8, 4) is 0 Å². The molecule has 1 radical (unpaired) electrons. The lowest BCUT2D eigenvalue weighted by atomic mass is 10.5. The molecule has 0 rings (SSSR count). The maximum Gasteiger partial charge on any atom is 0.309 e. The summed E-state index contributed by atoms with van der Waals surface area (Å²) in [4.78, 5) is 9.49. The molecule has 1 amide bonds. The summed E-state index contributed by atoms with van der Waals surface area (Å²) in [5, 5.41) is 2.09. The lowest BCUT2D eigenvalue weighted by Gasteiger charge is -1.99. The van der Waals surface area contributed by atoms with Gasteiger partial charge >= 0.3 is 6.41 Å². The number of rotatable bonds is 4. The smallest absolute Gasteiger partial charge is 0.309 e. The van der Waals surface area contributed by atoms with Crippen LogP contribution in [0, 0.1) is 0 Å². The summed E-state index contributed by atoms with van der Waals surface area (Å²) >= 11 is 10.8. The third kappa shape index (κ3) is 4.22. The van der Waals surface area contributed by atoms with Gasteiger partial charge in [0.05, 0.1) is 5.38 Å². The van der Waals surface area contributed by atoms with Gasteiger partial charge in [-0.2, -0.15) is 0 Å². The monoisotopic (exact) mass is 154 g/mol. The summed E-state index contributed by atoms with van der Waals surface area (Å²) in [5.74, 6) is 0.343. The molecule has 0 bridgehead atoms. The zero-order valence-corrected chi connectivity index (χ0v) is 5.67. The zero-order valence-electron chi connectivity index (χ0n) is 4.16. The molecular formula is C4H6Cl2NO. The first-order valence-electron chi connectivity index (χ1n) is 2.11. The van der Waals surface area contributed by atoms with Gasteiger partial charge in [-0.25, -0.2) is 0 Å². The second kappa shape index (κ2) is 5.19. The lowest BCUT2D eigenvalue weighted by Crippen LogP contribution is -2.22. The highest BCUT2D eigenvalue weighted by molar-refractivity contribution is 6.28. The van der Waals surface area contributed by atoms with Crippen LogP contribution in [0.1, 0.15) is 0 Å². The summed E-state index contributed by atoms with van der Waals surface area (Å²) in [7, 11) is 0. The molecule has 4 heteroatoms. The van der Waals surface area contributed by atoms with Crippen molar-refractivity contribution in [1.29, 1.82) is 0 Å². The van der Waals surface area contributed by atoms with Crippen LogP contribution in [0.5, 0.6) is 0 Å². The number of halogens is 2. The van der Waals surface area contributed by atoms with Crippen LogP contribution in [0.15, 0.2) is 0 Å². The van der Waals surface area contributed by atoms with E-state index < -0.39 is 0 Å². The van der Waals surface area contributed by atoms with Gasteiger partial charge in [-0.05, 0) is 0 Å². The second-order valence-corrected chi connectivity index (χ2v) is 2.16. The standard InChI is InChI=1S/C4H6Cl2NO/c5-1-4(6)2-7-3-8/h4H,1-2H2,(H,7,8). The number of alkyl halides is 2. The largest absolute Gasteiger partial charge is 0.346 e. The first-order valence-corrected chi connectivity index (χ1v) is 3.08. The molecule has 0 heterocycles. The molecule has 2 nitrogen and oxygen atoms in total. The molecule has 0 fully saturated rings. The second-order valence-electron chi connectivity index (χ2n) is 1.23. The third-order valence-corrected chi connectivity index (χ3v) is 1.40. The Morgan fingerprint density at radius 3 is 2.75 bits per heavy atom. The zero-order chi connectivity index (χ0) is 6.41. The van der Waals surface area contributed by atoms with Gasteiger partial charge in [0, 0.05) is 12.4 Å². The van der Waals surface area contributed by atoms with E-state index in [1.165, 1.54) is 6.41 Å². The molecule has 0 aromatic heterocycles. The van der Waals surface area contributed by atoms with E-state index in [0.29, 0.717) is 12.4 Å². The maximum absolute atomic E-state index is 9.49. The van der Waals surface area contributed by atoms with E-state index in [-0.39, 0.29) is 5.38 Å². The fourth-order valence-electron chi connectivity index (χ4n) is 0.207. The maximum atomic E-state index is 9.49. The van der Waals surface area contributed by atoms with Crippen molar-refractivity contribution >= 4 is 29.6 Å². The fourth-order valence-corrected chi connectivity index (χ4v) is 0.393. The molecule has 0 saturated heterocycles. The predicted octanol–water partition coefficient (Wildman–Crippen LogP) is 0.489. The summed E-state index contributed by atoms with van der Waals surface area (Å²) in [6.07, 6.45) is 1.49. The molecule has 47 valence electrons. The molecule has 1 unspecified atom stereocenters. The SMILES string of the molecule is O=[C]NCC(Cl)CCl. The molecule has 8 heavy (non-hydrogen) atoms. The average molecular weight is 155 g/mol. The van der Waals surface area contributed by atoms with Crippen LogP contribution in [0.25, 0.3) is 0 Å². The number of hydrogen-bond donors (Lipinski definition) is 1. The molecule has 0 aliphatic rings. The molecule has 0 spiro atoms. The molecular weight excluding hydrogens is 149 g/mol. The van der Waals surface area contributed by atoms with Crippen LogP contribution >= 0.6 is 23.2 Å². The van der Waals surface area contributed by atoms with Crippen LogP contribution in [-0.2, 0) is 4.79 Å². The quantitative estimate of drug-likeness (QED) is 0.464. The van der Waals surface area contributed by atoms with Gasteiger partial charge in [0.2, 0.25) is 0 Å². The van der Waals surface area contributed by atoms with E-state index in [9.17, 15) is 4.79 Å². The van der Waals surface area contributed by atoms with Crippen LogP contribution in [0.2, 0.25) is 0 Å². The van der Waals surface area contributed by atoms with Crippen molar-refractivity contribution in [2.75, 3.05) is 12.4 Å². The lowest BCUT2D eigenvalue weighted by molar-refractivity contribution is 0.542. The van der Waals surface area contributed by atoms with Crippen molar-refractivity contribution in [2.45, 2.75) is 5.38 Å². The molecule has 0 saturated carbocycles. The number of amides is 1. The minimum atomic E-state index is -0.182. The van der Waals surface area contributed by atoms with Gasteiger partial charge in [-0.15, -0.1) is 23.2 Å². The van der Waals surface area contributed by atoms with Gasteiger partial charge < -0.3 is 5.32 Å². The van der Waals surface area contributed by atoms with Crippen molar-refractivity contribution < 1.29 is 4.79 Å². The van der Waals surface area contributed by atoms with E-state index in [1.807, 2.05) is 0 Å². The number of hydrogen-bond acceptors (Lipinski definition) is 1. The molecule has 1 N–H and O–H groups in total. The summed E-state index contributed by atoms with van der Waals surface area (Å²) in [6.45, 7) is 0.383. The molecule has 0 aliphatic heterocycles.